The van der Waals surface area contributed by atoms with E-state index in [1.807, 2.05) is 18.4 Å². The van der Waals surface area contributed by atoms with Crippen LogP contribution >= 0.6 is 27.3 Å². The van der Waals surface area contributed by atoms with Gasteiger partial charge in [0.2, 0.25) is 0 Å². The predicted molar refractivity (Wildman–Crippen MR) is 60.6 cm³/mol. The molecule has 0 aromatic carbocycles. The SMILES string of the molecule is CCOC1CC(O)(c2sccc2Br)C1. The number of hydrogen-bond donors (Lipinski definition) is 1. The van der Waals surface area contributed by atoms with Crippen molar-refractivity contribution in [3.8, 4) is 0 Å². The van der Waals surface area contributed by atoms with E-state index in [2.05, 4.69) is 15.9 Å². The Bertz CT molecular complexity index is 318. The van der Waals surface area contributed by atoms with E-state index in [-0.39, 0.29) is 6.10 Å². The van der Waals surface area contributed by atoms with Gasteiger partial charge in [-0.3, -0.25) is 0 Å². The summed E-state index contributed by atoms with van der Waals surface area (Å²) in [6.07, 6.45) is 1.68. The second-order valence-corrected chi connectivity index (χ2v) is 5.39. The van der Waals surface area contributed by atoms with Gasteiger partial charge in [-0.1, -0.05) is 0 Å². The Morgan fingerprint density at radius 1 is 1.71 bits per heavy atom. The van der Waals surface area contributed by atoms with E-state index in [9.17, 15) is 5.11 Å². The Labute approximate surface area is 96.0 Å². The minimum absolute atomic E-state index is 0.235. The predicted octanol–water partition coefficient (Wildman–Crippen LogP) is 2.90. The average molecular weight is 277 g/mol. The molecule has 1 aliphatic carbocycles. The van der Waals surface area contributed by atoms with Gasteiger partial charge in [0.15, 0.2) is 0 Å². The van der Waals surface area contributed by atoms with E-state index in [4.69, 9.17) is 4.74 Å². The standard InChI is InChI=1S/C10H13BrO2S/c1-2-13-7-5-10(12,6-7)9-8(11)3-4-14-9/h3-4,7,12H,2,5-6H2,1H3. The molecule has 0 saturated heterocycles. The third-order valence-corrected chi connectivity index (χ3v) is 4.60. The Morgan fingerprint density at radius 2 is 2.43 bits per heavy atom. The monoisotopic (exact) mass is 276 g/mol. The normalized spacial score (nSPS) is 31.5. The van der Waals surface area contributed by atoms with Crippen LogP contribution in [-0.2, 0) is 10.3 Å². The molecule has 0 unspecified atom stereocenters. The second-order valence-electron chi connectivity index (χ2n) is 3.61. The van der Waals surface area contributed by atoms with Crippen LogP contribution in [0, 0.1) is 0 Å². The summed E-state index contributed by atoms with van der Waals surface area (Å²) >= 11 is 5.05. The maximum atomic E-state index is 10.2. The summed E-state index contributed by atoms with van der Waals surface area (Å²) in [4.78, 5) is 1.04. The Morgan fingerprint density at radius 3 is 2.93 bits per heavy atom. The van der Waals surface area contributed by atoms with Crippen LogP contribution in [0.1, 0.15) is 24.6 Å². The highest BCUT2D eigenvalue weighted by atomic mass is 79.9. The zero-order valence-corrected chi connectivity index (χ0v) is 10.4. The molecule has 0 amide bonds. The van der Waals surface area contributed by atoms with Gasteiger partial charge in [-0.25, -0.2) is 0 Å². The fourth-order valence-electron chi connectivity index (χ4n) is 1.86. The molecule has 1 aliphatic rings. The number of hydrogen-bond acceptors (Lipinski definition) is 3. The zero-order valence-electron chi connectivity index (χ0n) is 8.00. The lowest BCUT2D eigenvalue weighted by atomic mass is 9.76. The molecule has 2 nitrogen and oxygen atoms in total. The van der Waals surface area contributed by atoms with Gasteiger partial charge in [0.25, 0.3) is 0 Å². The van der Waals surface area contributed by atoms with Gasteiger partial charge in [-0.05, 0) is 34.3 Å². The lowest BCUT2D eigenvalue weighted by molar-refractivity contribution is -0.141. The van der Waals surface area contributed by atoms with Crippen molar-refractivity contribution in [2.45, 2.75) is 31.5 Å². The highest BCUT2D eigenvalue weighted by molar-refractivity contribution is 9.10. The molecule has 0 bridgehead atoms. The fourth-order valence-corrected chi connectivity index (χ4v) is 3.72. The third kappa shape index (κ3) is 1.76. The van der Waals surface area contributed by atoms with Crippen LogP contribution in [0.4, 0.5) is 0 Å². The largest absolute Gasteiger partial charge is 0.384 e. The van der Waals surface area contributed by atoms with E-state index in [0.29, 0.717) is 0 Å². The fraction of sp³-hybridized carbons (Fsp3) is 0.600. The van der Waals surface area contributed by atoms with Gasteiger partial charge in [0, 0.05) is 23.9 Å². The molecular weight excluding hydrogens is 264 g/mol. The molecule has 1 fully saturated rings. The maximum Gasteiger partial charge on any atom is 0.105 e. The maximum absolute atomic E-state index is 10.2. The van der Waals surface area contributed by atoms with E-state index in [1.165, 1.54) is 0 Å². The van der Waals surface area contributed by atoms with Crippen LogP contribution in [0.5, 0.6) is 0 Å². The number of halogens is 1. The number of rotatable bonds is 3. The van der Waals surface area contributed by atoms with Gasteiger partial charge in [-0.2, -0.15) is 0 Å². The van der Waals surface area contributed by atoms with Crippen molar-refractivity contribution in [2.75, 3.05) is 6.61 Å². The van der Waals surface area contributed by atoms with Crippen molar-refractivity contribution in [1.29, 1.82) is 0 Å². The van der Waals surface area contributed by atoms with E-state index >= 15 is 0 Å². The Kier molecular flexibility index (Phi) is 2.98. The van der Waals surface area contributed by atoms with Crippen LogP contribution in [-0.4, -0.2) is 17.8 Å². The highest BCUT2D eigenvalue weighted by Crippen LogP contribution is 2.47. The molecule has 1 aromatic rings. The van der Waals surface area contributed by atoms with Crippen LogP contribution in [0.15, 0.2) is 15.9 Å². The summed E-state index contributed by atoms with van der Waals surface area (Å²) in [5, 5.41) is 12.2. The first-order valence-corrected chi connectivity index (χ1v) is 6.40. The third-order valence-electron chi connectivity index (χ3n) is 2.57. The molecule has 4 heteroatoms. The summed E-state index contributed by atoms with van der Waals surface area (Å²) in [5.41, 5.74) is -0.646. The zero-order chi connectivity index (χ0) is 10.2. The summed E-state index contributed by atoms with van der Waals surface area (Å²) in [6, 6.07) is 1.98. The van der Waals surface area contributed by atoms with Gasteiger partial charge >= 0.3 is 0 Å². The first-order valence-electron chi connectivity index (χ1n) is 4.73. The summed E-state index contributed by atoms with van der Waals surface area (Å²) in [7, 11) is 0. The van der Waals surface area contributed by atoms with Crippen LogP contribution < -0.4 is 0 Å². The molecular formula is C10H13BrO2S. The minimum atomic E-state index is -0.646. The molecule has 14 heavy (non-hydrogen) atoms. The topological polar surface area (TPSA) is 29.5 Å². The highest BCUT2D eigenvalue weighted by Gasteiger charge is 2.46. The summed E-state index contributed by atoms with van der Waals surface area (Å²) in [6.45, 7) is 2.71. The lowest BCUT2D eigenvalue weighted by Crippen LogP contribution is -2.45. The van der Waals surface area contributed by atoms with Crippen LogP contribution in [0.3, 0.4) is 0 Å². The first-order chi connectivity index (χ1) is 6.65. The molecule has 1 aromatic heterocycles. The minimum Gasteiger partial charge on any atom is -0.384 e. The van der Waals surface area contributed by atoms with Crippen LogP contribution in [0.2, 0.25) is 0 Å². The number of ether oxygens (including phenoxy) is 1. The van der Waals surface area contributed by atoms with E-state index in [0.717, 1.165) is 28.8 Å². The smallest absolute Gasteiger partial charge is 0.105 e. The molecule has 78 valence electrons. The summed E-state index contributed by atoms with van der Waals surface area (Å²) < 4.78 is 6.45. The second kappa shape index (κ2) is 3.93. The molecule has 0 spiro atoms. The van der Waals surface area contributed by atoms with Crippen LogP contribution in [0.25, 0.3) is 0 Å². The van der Waals surface area contributed by atoms with Crippen molar-refractivity contribution in [3.05, 3.63) is 20.8 Å². The lowest BCUT2D eigenvalue weighted by Gasteiger charge is -2.42. The molecule has 1 saturated carbocycles. The van der Waals surface area contributed by atoms with Crippen molar-refractivity contribution in [2.24, 2.45) is 0 Å². The van der Waals surface area contributed by atoms with Gasteiger partial charge < -0.3 is 9.84 Å². The van der Waals surface area contributed by atoms with Crippen molar-refractivity contribution < 1.29 is 9.84 Å². The molecule has 1 N–H and O–H groups in total. The van der Waals surface area contributed by atoms with Gasteiger partial charge in [0.1, 0.15) is 5.60 Å². The number of aliphatic hydroxyl groups is 1. The Hall–Kier alpha value is 0.100. The van der Waals surface area contributed by atoms with Crippen molar-refractivity contribution >= 4 is 27.3 Å². The molecule has 0 aliphatic heterocycles. The molecule has 0 radical (unpaired) electrons. The quantitative estimate of drug-likeness (QED) is 0.920. The van der Waals surface area contributed by atoms with E-state index < -0.39 is 5.60 Å². The van der Waals surface area contributed by atoms with Gasteiger partial charge in [0.05, 0.1) is 11.0 Å². The molecule has 1 heterocycles. The average Bonchev–Trinajstić information content (AvgIpc) is 2.49. The van der Waals surface area contributed by atoms with Crippen molar-refractivity contribution in [3.63, 3.8) is 0 Å². The Balaban J connectivity index is 2.04. The van der Waals surface area contributed by atoms with E-state index in [1.54, 1.807) is 11.3 Å². The number of thiophene rings is 1. The first kappa shape index (κ1) is 10.6. The molecule has 0 atom stereocenters. The van der Waals surface area contributed by atoms with Crippen molar-refractivity contribution in [1.82, 2.24) is 0 Å². The van der Waals surface area contributed by atoms with Gasteiger partial charge in [-0.15, -0.1) is 11.3 Å². The molecule has 2 rings (SSSR count). The summed E-state index contributed by atoms with van der Waals surface area (Å²) in [5.74, 6) is 0.